The summed E-state index contributed by atoms with van der Waals surface area (Å²) in [5, 5.41) is 3.42. The van der Waals surface area contributed by atoms with E-state index in [-0.39, 0.29) is 0 Å². The predicted octanol–water partition coefficient (Wildman–Crippen LogP) is 2.10. The molecule has 1 heterocycles. The number of rotatable bonds is 4. The van der Waals surface area contributed by atoms with Gasteiger partial charge in [-0.05, 0) is 38.8 Å². The molecular weight excluding hydrogens is 172 g/mol. The number of hydrogen-bond donors (Lipinski definition) is 1. The molecule has 2 heteroatoms. The molecule has 0 bridgehead atoms. The van der Waals surface area contributed by atoms with Gasteiger partial charge in [-0.2, -0.15) is 0 Å². The van der Waals surface area contributed by atoms with Crippen LogP contribution in [0.4, 0.5) is 0 Å². The van der Waals surface area contributed by atoms with Gasteiger partial charge in [-0.3, -0.25) is 0 Å². The summed E-state index contributed by atoms with van der Waals surface area (Å²) in [5.74, 6) is 0.800. The van der Waals surface area contributed by atoms with Crippen molar-refractivity contribution in [3.8, 4) is 0 Å². The third-order valence-electron chi connectivity index (χ3n) is 3.77. The quantitative estimate of drug-likeness (QED) is 0.744. The van der Waals surface area contributed by atoms with Crippen LogP contribution < -0.4 is 5.32 Å². The maximum Gasteiger partial charge on any atom is 0.0114 e. The second-order valence-corrected chi connectivity index (χ2v) is 4.63. The topological polar surface area (TPSA) is 15.3 Å². The van der Waals surface area contributed by atoms with Crippen molar-refractivity contribution in [2.24, 2.45) is 5.92 Å². The zero-order valence-corrected chi connectivity index (χ0v) is 10.2. The summed E-state index contributed by atoms with van der Waals surface area (Å²) in [7, 11) is 2.09. The van der Waals surface area contributed by atoms with E-state index in [2.05, 4.69) is 38.0 Å². The van der Waals surface area contributed by atoms with Gasteiger partial charge in [0.25, 0.3) is 0 Å². The summed E-state index contributed by atoms with van der Waals surface area (Å²) in [6, 6.07) is 1.55. The van der Waals surface area contributed by atoms with Gasteiger partial charge < -0.3 is 10.2 Å². The Bertz CT molecular complexity index is 154. The molecule has 1 aliphatic rings. The minimum atomic E-state index is 0.737. The highest BCUT2D eigenvalue weighted by Crippen LogP contribution is 2.20. The summed E-state index contributed by atoms with van der Waals surface area (Å²) in [5.41, 5.74) is 0. The molecule has 1 rings (SSSR count). The van der Waals surface area contributed by atoms with Crippen molar-refractivity contribution in [3.05, 3.63) is 0 Å². The number of nitrogens with one attached hydrogen (secondary N) is 1. The van der Waals surface area contributed by atoms with Crippen molar-refractivity contribution in [3.63, 3.8) is 0 Å². The van der Waals surface area contributed by atoms with E-state index in [1.54, 1.807) is 0 Å². The van der Waals surface area contributed by atoms with Crippen molar-refractivity contribution < 1.29 is 0 Å². The van der Waals surface area contributed by atoms with Gasteiger partial charge in [0.15, 0.2) is 0 Å². The van der Waals surface area contributed by atoms with E-state index in [1.165, 1.54) is 32.4 Å². The highest BCUT2D eigenvalue weighted by atomic mass is 15.2. The van der Waals surface area contributed by atoms with E-state index in [4.69, 9.17) is 0 Å². The van der Waals surface area contributed by atoms with E-state index >= 15 is 0 Å². The molecule has 0 aliphatic carbocycles. The maximum atomic E-state index is 3.42. The number of nitrogens with zero attached hydrogens (tertiary/aromatic N) is 1. The van der Waals surface area contributed by atoms with Gasteiger partial charge in [0.2, 0.25) is 0 Å². The number of likely N-dealkylation sites (tertiary alicyclic amines) is 1. The van der Waals surface area contributed by atoms with Gasteiger partial charge in [0, 0.05) is 18.6 Å². The van der Waals surface area contributed by atoms with Crippen LogP contribution in [0.3, 0.4) is 0 Å². The molecule has 1 N–H and O–H groups in total. The zero-order valence-electron chi connectivity index (χ0n) is 10.2. The fourth-order valence-corrected chi connectivity index (χ4v) is 2.74. The van der Waals surface area contributed by atoms with Gasteiger partial charge in [0.05, 0.1) is 0 Å². The van der Waals surface area contributed by atoms with Crippen LogP contribution in [0.5, 0.6) is 0 Å². The van der Waals surface area contributed by atoms with Crippen LogP contribution in [0.1, 0.15) is 40.0 Å². The third kappa shape index (κ3) is 2.71. The lowest BCUT2D eigenvalue weighted by Gasteiger charge is -2.40. The van der Waals surface area contributed by atoms with Gasteiger partial charge in [-0.1, -0.05) is 20.8 Å². The standard InChI is InChI=1S/C12H26N2/c1-5-11(6-2)14-8-7-12(13-4)10(3)9-14/h10-13H,5-9H2,1-4H3. The summed E-state index contributed by atoms with van der Waals surface area (Å²) in [6.45, 7) is 9.54. The Morgan fingerprint density at radius 3 is 2.43 bits per heavy atom. The Kier molecular flexibility index (Phi) is 4.90. The Balaban J connectivity index is 2.44. The van der Waals surface area contributed by atoms with Crippen LogP contribution >= 0.6 is 0 Å². The van der Waals surface area contributed by atoms with Crippen LogP contribution in [-0.2, 0) is 0 Å². The van der Waals surface area contributed by atoms with Gasteiger partial charge >= 0.3 is 0 Å². The predicted molar refractivity (Wildman–Crippen MR) is 62.6 cm³/mol. The molecule has 0 aromatic carbocycles. The second-order valence-electron chi connectivity index (χ2n) is 4.63. The molecule has 0 spiro atoms. The van der Waals surface area contributed by atoms with Crippen molar-refractivity contribution in [1.29, 1.82) is 0 Å². The van der Waals surface area contributed by atoms with Crippen LogP contribution in [0.15, 0.2) is 0 Å². The molecule has 84 valence electrons. The molecule has 0 saturated carbocycles. The summed E-state index contributed by atoms with van der Waals surface area (Å²) in [6.07, 6.45) is 3.91. The van der Waals surface area contributed by atoms with E-state index in [0.717, 1.165) is 18.0 Å². The lowest BCUT2D eigenvalue weighted by atomic mass is 9.92. The Morgan fingerprint density at radius 1 is 1.36 bits per heavy atom. The van der Waals surface area contributed by atoms with Crippen molar-refractivity contribution in [1.82, 2.24) is 10.2 Å². The molecule has 0 aromatic rings. The molecule has 0 aromatic heterocycles. The number of piperidine rings is 1. The molecule has 2 atom stereocenters. The Labute approximate surface area is 89.1 Å². The minimum absolute atomic E-state index is 0.737. The van der Waals surface area contributed by atoms with Crippen molar-refractivity contribution >= 4 is 0 Å². The molecule has 1 fully saturated rings. The average molecular weight is 198 g/mol. The monoisotopic (exact) mass is 198 g/mol. The van der Waals surface area contributed by atoms with Gasteiger partial charge in [-0.25, -0.2) is 0 Å². The maximum absolute atomic E-state index is 3.42. The van der Waals surface area contributed by atoms with E-state index in [0.29, 0.717) is 0 Å². The first-order chi connectivity index (χ1) is 6.72. The van der Waals surface area contributed by atoms with Crippen molar-refractivity contribution in [2.75, 3.05) is 20.1 Å². The smallest absolute Gasteiger partial charge is 0.0114 e. The highest BCUT2D eigenvalue weighted by Gasteiger charge is 2.27. The average Bonchev–Trinajstić information content (AvgIpc) is 2.20. The lowest BCUT2D eigenvalue weighted by Crippen LogP contribution is -2.50. The SMILES string of the molecule is CCC(CC)N1CCC(NC)C(C)C1. The van der Waals surface area contributed by atoms with Crippen LogP contribution in [0, 0.1) is 5.92 Å². The molecular formula is C12H26N2. The third-order valence-corrected chi connectivity index (χ3v) is 3.77. The molecule has 0 amide bonds. The van der Waals surface area contributed by atoms with Crippen LogP contribution in [0.25, 0.3) is 0 Å². The largest absolute Gasteiger partial charge is 0.317 e. The summed E-state index contributed by atoms with van der Waals surface area (Å²) >= 11 is 0. The van der Waals surface area contributed by atoms with Crippen LogP contribution in [0.2, 0.25) is 0 Å². The summed E-state index contributed by atoms with van der Waals surface area (Å²) < 4.78 is 0. The molecule has 1 saturated heterocycles. The first-order valence-corrected chi connectivity index (χ1v) is 6.14. The molecule has 2 unspecified atom stereocenters. The van der Waals surface area contributed by atoms with E-state index < -0.39 is 0 Å². The first-order valence-electron chi connectivity index (χ1n) is 6.14. The summed E-state index contributed by atoms with van der Waals surface area (Å²) in [4.78, 5) is 2.68. The molecule has 1 aliphatic heterocycles. The number of hydrogen-bond acceptors (Lipinski definition) is 2. The minimum Gasteiger partial charge on any atom is -0.317 e. The van der Waals surface area contributed by atoms with Gasteiger partial charge in [-0.15, -0.1) is 0 Å². The fourth-order valence-electron chi connectivity index (χ4n) is 2.74. The fraction of sp³-hybridized carbons (Fsp3) is 1.00. The molecule has 0 radical (unpaired) electrons. The van der Waals surface area contributed by atoms with E-state index in [1.807, 2.05) is 0 Å². The normalized spacial score (nSPS) is 29.8. The molecule has 2 nitrogen and oxygen atoms in total. The van der Waals surface area contributed by atoms with Crippen molar-refractivity contribution in [2.45, 2.75) is 52.1 Å². The Hall–Kier alpha value is -0.0800. The molecule has 14 heavy (non-hydrogen) atoms. The second kappa shape index (κ2) is 5.72. The zero-order chi connectivity index (χ0) is 10.6. The lowest BCUT2D eigenvalue weighted by molar-refractivity contribution is 0.101. The van der Waals surface area contributed by atoms with Crippen LogP contribution in [-0.4, -0.2) is 37.1 Å². The Morgan fingerprint density at radius 2 is 2.00 bits per heavy atom. The first kappa shape index (κ1) is 12.0. The van der Waals surface area contributed by atoms with Gasteiger partial charge in [0.1, 0.15) is 0 Å². The van der Waals surface area contributed by atoms with E-state index in [9.17, 15) is 0 Å². The highest BCUT2D eigenvalue weighted by molar-refractivity contribution is 4.84.